The Morgan fingerprint density at radius 2 is 1.82 bits per heavy atom. The van der Waals surface area contributed by atoms with Crippen LogP contribution in [0, 0.1) is 10.1 Å². The number of anilines is 1. The fourth-order valence-electron chi connectivity index (χ4n) is 4.49. The van der Waals surface area contributed by atoms with E-state index >= 15 is 0 Å². The lowest BCUT2D eigenvalue weighted by Gasteiger charge is -2.33. The number of sulfonamides is 1. The van der Waals surface area contributed by atoms with E-state index in [9.17, 15) is 28.1 Å². The summed E-state index contributed by atoms with van der Waals surface area (Å²) in [7, 11) is -2.48. The summed E-state index contributed by atoms with van der Waals surface area (Å²) in [5.41, 5.74) is 0.365. The van der Waals surface area contributed by atoms with E-state index in [-0.39, 0.29) is 29.9 Å². The van der Waals surface area contributed by atoms with E-state index in [0.29, 0.717) is 11.3 Å². The van der Waals surface area contributed by atoms with Gasteiger partial charge in [0.2, 0.25) is 21.8 Å². The molecule has 12 heteroatoms. The lowest BCUT2D eigenvalue weighted by atomic mass is 9.95. The van der Waals surface area contributed by atoms with Crippen molar-refractivity contribution in [2.45, 2.75) is 57.7 Å². The van der Waals surface area contributed by atoms with Gasteiger partial charge in [0.05, 0.1) is 24.0 Å². The molecule has 0 bridgehead atoms. The average molecular weight is 547 g/mol. The van der Waals surface area contributed by atoms with Gasteiger partial charge >= 0.3 is 0 Å². The second kappa shape index (κ2) is 12.7. The fraction of sp³-hybridized carbons (Fsp3) is 0.462. The maximum absolute atomic E-state index is 13.7. The van der Waals surface area contributed by atoms with Crippen LogP contribution in [0.2, 0.25) is 0 Å². The van der Waals surface area contributed by atoms with E-state index in [1.807, 2.05) is 0 Å². The largest absolute Gasteiger partial charge is 0.497 e. The van der Waals surface area contributed by atoms with Gasteiger partial charge in [0.1, 0.15) is 18.3 Å². The highest BCUT2D eigenvalue weighted by molar-refractivity contribution is 7.92. The molecule has 0 heterocycles. The highest BCUT2D eigenvalue weighted by Crippen LogP contribution is 2.24. The van der Waals surface area contributed by atoms with Gasteiger partial charge in [-0.15, -0.1) is 0 Å². The Morgan fingerprint density at radius 1 is 1.13 bits per heavy atom. The van der Waals surface area contributed by atoms with Crippen LogP contribution >= 0.6 is 0 Å². The van der Waals surface area contributed by atoms with Gasteiger partial charge in [-0.05, 0) is 43.5 Å². The Morgan fingerprint density at radius 3 is 2.45 bits per heavy atom. The second-order valence-electron chi connectivity index (χ2n) is 9.44. The molecule has 206 valence electrons. The number of rotatable bonds is 11. The van der Waals surface area contributed by atoms with Crippen LogP contribution in [0.25, 0.3) is 0 Å². The van der Waals surface area contributed by atoms with E-state index in [0.717, 1.165) is 48.7 Å². The lowest BCUT2D eigenvalue weighted by molar-refractivity contribution is -0.384. The van der Waals surface area contributed by atoms with Crippen molar-refractivity contribution in [2.24, 2.45) is 0 Å². The van der Waals surface area contributed by atoms with Crippen LogP contribution in [0.5, 0.6) is 5.75 Å². The Labute approximate surface area is 223 Å². The molecule has 1 N–H and O–H groups in total. The maximum Gasteiger partial charge on any atom is 0.271 e. The minimum absolute atomic E-state index is 0.0179. The standard InChI is InChI=1S/C26H34N4O7S/c1-19(26(32)27-21-10-5-4-6-11-21)28(17-20-9-7-14-24(15-20)37-2)25(31)18-29(38(3,35)36)22-12-8-13-23(16-22)30(33)34/h7-9,12-16,19,21H,4-6,10-11,17-18H2,1-3H3,(H,27,32). The normalized spacial score (nSPS) is 14.8. The summed E-state index contributed by atoms with van der Waals surface area (Å²) in [6, 6.07) is 11.2. The molecule has 1 fully saturated rings. The van der Waals surface area contributed by atoms with Crippen LogP contribution in [0.3, 0.4) is 0 Å². The van der Waals surface area contributed by atoms with Crippen molar-refractivity contribution >= 4 is 33.2 Å². The number of nitro groups is 1. The molecule has 0 aliphatic heterocycles. The van der Waals surface area contributed by atoms with Crippen molar-refractivity contribution < 1.29 is 27.7 Å². The van der Waals surface area contributed by atoms with Gasteiger partial charge in [-0.3, -0.25) is 24.0 Å². The first-order valence-electron chi connectivity index (χ1n) is 12.4. The number of non-ortho nitro benzene ring substituents is 1. The first-order chi connectivity index (χ1) is 18.0. The second-order valence-corrected chi connectivity index (χ2v) is 11.3. The quantitative estimate of drug-likeness (QED) is 0.337. The third-order valence-corrected chi connectivity index (χ3v) is 7.75. The van der Waals surface area contributed by atoms with Crippen molar-refractivity contribution in [3.05, 3.63) is 64.2 Å². The monoisotopic (exact) mass is 546 g/mol. The number of carbonyl (C=O) groups is 2. The number of carbonyl (C=O) groups excluding carboxylic acids is 2. The topological polar surface area (TPSA) is 139 Å². The molecule has 38 heavy (non-hydrogen) atoms. The summed E-state index contributed by atoms with van der Waals surface area (Å²) in [5, 5.41) is 14.3. The van der Waals surface area contributed by atoms with Crippen LogP contribution < -0.4 is 14.4 Å². The highest BCUT2D eigenvalue weighted by atomic mass is 32.2. The van der Waals surface area contributed by atoms with E-state index in [1.165, 1.54) is 30.2 Å². The Kier molecular flexibility index (Phi) is 9.67. The molecule has 2 aromatic carbocycles. The van der Waals surface area contributed by atoms with Gasteiger partial charge in [0.15, 0.2) is 0 Å². The van der Waals surface area contributed by atoms with Crippen LogP contribution in [0.4, 0.5) is 11.4 Å². The van der Waals surface area contributed by atoms with Gasteiger partial charge in [-0.2, -0.15) is 0 Å². The molecule has 0 spiro atoms. The first kappa shape index (κ1) is 28.9. The van der Waals surface area contributed by atoms with Gasteiger partial charge in [0.25, 0.3) is 5.69 Å². The van der Waals surface area contributed by atoms with Crippen molar-refractivity contribution in [1.29, 1.82) is 0 Å². The van der Waals surface area contributed by atoms with Crippen LogP contribution in [0.1, 0.15) is 44.6 Å². The molecule has 1 unspecified atom stereocenters. The summed E-state index contributed by atoms with van der Waals surface area (Å²) in [6.45, 7) is 1.00. The van der Waals surface area contributed by atoms with Crippen molar-refractivity contribution in [2.75, 3.05) is 24.2 Å². The fourth-order valence-corrected chi connectivity index (χ4v) is 5.34. The number of nitro benzene ring substituents is 1. The van der Waals surface area contributed by atoms with Gasteiger partial charge in [0, 0.05) is 24.7 Å². The first-order valence-corrected chi connectivity index (χ1v) is 14.3. The van der Waals surface area contributed by atoms with Crippen LogP contribution in [0.15, 0.2) is 48.5 Å². The van der Waals surface area contributed by atoms with Crippen molar-refractivity contribution in [3.8, 4) is 5.75 Å². The van der Waals surface area contributed by atoms with E-state index in [2.05, 4.69) is 5.32 Å². The molecule has 0 saturated heterocycles. The Balaban J connectivity index is 1.91. The molecule has 1 aliphatic rings. The zero-order valence-electron chi connectivity index (χ0n) is 21.8. The zero-order chi connectivity index (χ0) is 27.9. The van der Waals surface area contributed by atoms with Gasteiger partial charge < -0.3 is 15.0 Å². The predicted octanol–water partition coefficient (Wildman–Crippen LogP) is 3.24. The number of ether oxygens (including phenoxy) is 1. The lowest BCUT2D eigenvalue weighted by Crippen LogP contribution is -2.52. The average Bonchev–Trinajstić information content (AvgIpc) is 2.89. The number of hydrogen-bond donors (Lipinski definition) is 1. The molecule has 3 rings (SSSR count). The Bertz CT molecular complexity index is 1260. The summed E-state index contributed by atoms with van der Waals surface area (Å²) in [5.74, 6) is -0.381. The molecule has 0 aromatic heterocycles. The number of hydrogen-bond acceptors (Lipinski definition) is 7. The van der Waals surface area contributed by atoms with Crippen molar-refractivity contribution in [1.82, 2.24) is 10.2 Å². The summed E-state index contributed by atoms with van der Waals surface area (Å²) < 4.78 is 31.4. The SMILES string of the molecule is COc1cccc(CN(C(=O)CN(c2cccc([N+](=O)[O-])c2)S(C)(=O)=O)C(C)C(=O)NC2CCCCC2)c1. The molecule has 2 aromatic rings. The van der Waals surface area contributed by atoms with E-state index in [4.69, 9.17) is 4.74 Å². The number of nitrogens with zero attached hydrogens (tertiary/aromatic N) is 3. The number of nitrogens with one attached hydrogen (secondary N) is 1. The summed E-state index contributed by atoms with van der Waals surface area (Å²) in [4.78, 5) is 38.8. The van der Waals surface area contributed by atoms with Crippen LogP contribution in [-0.2, 0) is 26.2 Å². The molecule has 1 aliphatic carbocycles. The minimum atomic E-state index is -4.00. The molecular weight excluding hydrogens is 512 g/mol. The molecule has 0 radical (unpaired) electrons. The number of amides is 2. The molecular formula is C26H34N4O7S. The predicted molar refractivity (Wildman–Crippen MR) is 143 cm³/mol. The van der Waals surface area contributed by atoms with E-state index in [1.54, 1.807) is 31.2 Å². The zero-order valence-corrected chi connectivity index (χ0v) is 22.6. The molecule has 1 saturated carbocycles. The smallest absolute Gasteiger partial charge is 0.271 e. The maximum atomic E-state index is 13.7. The highest BCUT2D eigenvalue weighted by Gasteiger charge is 2.31. The number of methoxy groups -OCH3 is 1. The molecule has 2 amide bonds. The van der Waals surface area contributed by atoms with Gasteiger partial charge in [-0.25, -0.2) is 8.42 Å². The third-order valence-electron chi connectivity index (χ3n) is 6.61. The van der Waals surface area contributed by atoms with E-state index < -0.39 is 33.4 Å². The third kappa shape index (κ3) is 7.67. The molecule has 11 nitrogen and oxygen atoms in total. The van der Waals surface area contributed by atoms with Crippen molar-refractivity contribution in [3.63, 3.8) is 0 Å². The van der Waals surface area contributed by atoms with Crippen LogP contribution in [-0.4, -0.2) is 62.0 Å². The summed E-state index contributed by atoms with van der Waals surface area (Å²) >= 11 is 0. The minimum Gasteiger partial charge on any atom is -0.497 e. The summed E-state index contributed by atoms with van der Waals surface area (Å²) in [6.07, 6.45) is 5.84. The van der Waals surface area contributed by atoms with Gasteiger partial charge in [-0.1, -0.05) is 37.5 Å². The molecule has 1 atom stereocenters. The number of benzene rings is 2. The Hall–Kier alpha value is -3.67.